The van der Waals surface area contributed by atoms with E-state index in [4.69, 9.17) is 14.5 Å². The van der Waals surface area contributed by atoms with Crippen LogP contribution in [0.1, 0.15) is 67.2 Å². The lowest BCUT2D eigenvalue weighted by Crippen LogP contribution is -2.18. The van der Waals surface area contributed by atoms with E-state index in [-0.39, 0.29) is 24.1 Å². The summed E-state index contributed by atoms with van der Waals surface area (Å²) in [4.78, 5) is 25.3. The van der Waals surface area contributed by atoms with Crippen LogP contribution >= 0.6 is 11.3 Å². The number of hydrogen-bond acceptors (Lipinski definition) is 9. The van der Waals surface area contributed by atoms with E-state index < -0.39 is 0 Å². The lowest BCUT2D eigenvalue weighted by molar-refractivity contribution is -0.152. The van der Waals surface area contributed by atoms with Crippen molar-refractivity contribution >= 4 is 34.3 Å². The van der Waals surface area contributed by atoms with Gasteiger partial charge in [-0.05, 0) is 77.0 Å². The minimum absolute atomic E-state index is 0.0237. The van der Waals surface area contributed by atoms with Crippen LogP contribution in [0.5, 0.6) is 5.88 Å². The molecule has 3 heterocycles. The van der Waals surface area contributed by atoms with Crippen molar-refractivity contribution in [1.82, 2.24) is 25.1 Å². The highest BCUT2D eigenvalue weighted by Crippen LogP contribution is 2.32. The van der Waals surface area contributed by atoms with Crippen LogP contribution in [0.2, 0.25) is 0 Å². The average molecular weight is 553 g/mol. The second-order valence-corrected chi connectivity index (χ2v) is 11.1. The van der Waals surface area contributed by atoms with Gasteiger partial charge in [0.05, 0.1) is 27.9 Å². The summed E-state index contributed by atoms with van der Waals surface area (Å²) >= 11 is 1.64. The number of ether oxygens (including phenoxy) is 2. The van der Waals surface area contributed by atoms with E-state index in [9.17, 15) is 4.79 Å². The summed E-state index contributed by atoms with van der Waals surface area (Å²) in [6.07, 6.45) is 6.35. The highest BCUT2D eigenvalue weighted by atomic mass is 32.1. The molecule has 210 valence electrons. The first kappa shape index (κ1) is 30.0. The Morgan fingerprint density at radius 3 is 2.23 bits per heavy atom. The largest absolute Gasteiger partial charge is 0.473 e. The number of carbonyl (C=O) groups is 1. The van der Waals surface area contributed by atoms with Gasteiger partial charge in [-0.15, -0.1) is 11.3 Å². The van der Waals surface area contributed by atoms with E-state index in [1.807, 2.05) is 83.3 Å². The van der Waals surface area contributed by atoms with E-state index in [1.54, 1.807) is 11.3 Å². The molecule has 0 bridgehead atoms. The molecule has 3 aromatic heterocycles. The van der Waals surface area contributed by atoms with Gasteiger partial charge in [-0.1, -0.05) is 32.0 Å². The van der Waals surface area contributed by atoms with E-state index in [0.717, 1.165) is 40.4 Å². The van der Waals surface area contributed by atoms with Gasteiger partial charge in [0, 0.05) is 6.04 Å². The number of thiophene rings is 1. The zero-order valence-corrected chi connectivity index (χ0v) is 24.5. The molecule has 39 heavy (non-hydrogen) atoms. The minimum atomic E-state index is -0.0445. The number of rotatable bonds is 7. The first-order valence-electron chi connectivity index (χ1n) is 13.5. The molecule has 0 radical (unpaired) electrons. The quantitative estimate of drug-likeness (QED) is 0.238. The first-order chi connectivity index (χ1) is 18.7. The lowest BCUT2D eigenvalue weighted by Gasteiger charge is -2.12. The molecule has 0 unspecified atom stereocenters. The van der Waals surface area contributed by atoms with Gasteiger partial charge in [0.15, 0.2) is 0 Å². The summed E-state index contributed by atoms with van der Waals surface area (Å²) in [7, 11) is 0. The predicted octanol–water partition coefficient (Wildman–Crippen LogP) is 6.90. The summed E-state index contributed by atoms with van der Waals surface area (Å²) in [5, 5.41) is 11.5. The number of hydrogen-bond donors (Lipinski definition) is 2. The van der Waals surface area contributed by atoms with Crippen molar-refractivity contribution in [3.63, 3.8) is 0 Å². The Kier molecular flexibility index (Phi) is 11.7. The van der Waals surface area contributed by atoms with Gasteiger partial charge in [-0.2, -0.15) is 5.10 Å². The van der Waals surface area contributed by atoms with Crippen molar-refractivity contribution < 1.29 is 14.3 Å². The van der Waals surface area contributed by atoms with Gasteiger partial charge >= 0.3 is 5.97 Å². The molecule has 4 aromatic rings. The van der Waals surface area contributed by atoms with Crippen LogP contribution in [0, 0.1) is 5.92 Å². The van der Waals surface area contributed by atoms with Gasteiger partial charge in [0.2, 0.25) is 11.8 Å². The van der Waals surface area contributed by atoms with Crippen LogP contribution in [-0.4, -0.2) is 49.4 Å². The van der Waals surface area contributed by atoms with E-state index in [2.05, 4.69) is 25.5 Å². The highest BCUT2D eigenvalue weighted by molar-refractivity contribution is 7.13. The number of nitrogens with zero attached hydrogens (tertiary/aromatic N) is 4. The molecule has 1 saturated carbocycles. The molecule has 1 aromatic carbocycles. The number of H-pyrrole nitrogens is 1. The maximum atomic E-state index is 11.1. The fourth-order valence-corrected chi connectivity index (χ4v) is 4.42. The number of benzene rings is 1. The smallest absolute Gasteiger partial charge is 0.308 e. The van der Waals surface area contributed by atoms with Crippen molar-refractivity contribution in [3.8, 4) is 16.5 Å². The van der Waals surface area contributed by atoms with E-state index >= 15 is 0 Å². The molecule has 0 aliphatic heterocycles. The standard InChI is InChI=1S/C15H14N2OS.C9H16O2.C5H10N4/c1-10(2)18-15-14(13-8-5-9-19-13)16-11-6-3-4-7-12(11)17-15;1-7(2)9(10)11-8-5-3-4-6-8;1-4(2)8-5-6-3-7-9-5/h3-10H,1-2H3;7-8H,3-6H2,1-2H3;3-4H,1-2H3,(H2,6,7,8,9). The second kappa shape index (κ2) is 15.2. The number of aromatic amines is 1. The molecule has 1 aliphatic carbocycles. The summed E-state index contributed by atoms with van der Waals surface area (Å²) in [6, 6.07) is 12.3. The third-order valence-electron chi connectivity index (χ3n) is 5.54. The number of aromatic nitrogens is 5. The number of fused-ring (bicyclic) bond motifs is 1. The third-order valence-corrected chi connectivity index (χ3v) is 6.41. The Morgan fingerprint density at radius 1 is 1.00 bits per heavy atom. The van der Waals surface area contributed by atoms with Crippen LogP contribution in [0.15, 0.2) is 48.1 Å². The summed E-state index contributed by atoms with van der Waals surface area (Å²) in [5.41, 5.74) is 2.57. The molecule has 10 heteroatoms. The van der Waals surface area contributed by atoms with Crippen molar-refractivity contribution in [3.05, 3.63) is 48.1 Å². The Labute approximate surface area is 234 Å². The number of carbonyl (C=O) groups excluding carboxylic acids is 1. The van der Waals surface area contributed by atoms with Gasteiger partial charge in [0.25, 0.3) is 0 Å². The molecule has 2 N–H and O–H groups in total. The van der Waals surface area contributed by atoms with Gasteiger partial charge in [0.1, 0.15) is 18.1 Å². The summed E-state index contributed by atoms with van der Waals surface area (Å²) in [6.45, 7) is 11.8. The molecule has 9 nitrogen and oxygen atoms in total. The fourth-order valence-electron chi connectivity index (χ4n) is 3.72. The second-order valence-electron chi connectivity index (χ2n) is 10.1. The molecular formula is C29H40N6O3S. The number of esters is 1. The summed E-state index contributed by atoms with van der Waals surface area (Å²) in [5.74, 6) is 1.31. The zero-order valence-electron chi connectivity index (χ0n) is 23.7. The molecule has 5 rings (SSSR count). The maximum absolute atomic E-state index is 11.1. The van der Waals surface area contributed by atoms with Gasteiger partial charge in [-0.25, -0.2) is 20.1 Å². The molecule has 1 fully saturated rings. The van der Waals surface area contributed by atoms with Crippen LogP contribution < -0.4 is 10.1 Å². The Balaban J connectivity index is 0.000000179. The molecule has 1 aliphatic rings. The van der Waals surface area contributed by atoms with Crippen molar-refractivity contribution in [2.24, 2.45) is 5.92 Å². The Morgan fingerprint density at radius 2 is 1.69 bits per heavy atom. The highest BCUT2D eigenvalue weighted by Gasteiger charge is 2.20. The van der Waals surface area contributed by atoms with Gasteiger partial charge < -0.3 is 14.8 Å². The SMILES string of the molecule is CC(C)C(=O)OC1CCCC1.CC(C)Nc1ncn[nH]1.CC(C)Oc1nc2ccccc2nc1-c1cccs1. The predicted molar refractivity (Wildman–Crippen MR) is 157 cm³/mol. The summed E-state index contributed by atoms with van der Waals surface area (Å²) < 4.78 is 11.0. The van der Waals surface area contributed by atoms with Gasteiger partial charge in [-0.3, -0.25) is 4.79 Å². The molecule has 0 atom stereocenters. The van der Waals surface area contributed by atoms with Crippen molar-refractivity contribution in [2.75, 3.05) is 5.32 Å². The molecule has 0 spiro atoms. The van der Waals surface area contributed by atoms with E-state index in [0.29, 0.717) is 11.9 Å². The van der Waals surface area contributed by atoms with Crippen molar-refractivity contribution in [1.29, 1.82) is 0 Å². The lowest BCUT2D eigenvalue weighted by atomic mass is 10.2. The van der Waals surface area contributed by atoms with Crippen molar-refractivity contribution in [2.45, 2.75) is 85.5 Å². The molecule has 0 amide bonds. The monoisotopic (exact) mass is 552 g/mol. The van der Waals surface area contributed by atoms with Crippen LogP contribution in [-0.2, 0) is 9.53 Å². The number of nitrogens with one attached hydrogen (secondary N) is 2. The average Bonchev–Trinajstić information content (AvgIpc) is 3.68. The number of anilines is 1. The van der Waals surface area contributed by atoms with Crippen LogP contribution in [0.25, 0.3) is 21.6 Å². The van der Waals surface area contributed by atoms with Crippen LogP contribution in [0.3, 0.4) is 0 Å². The Hall–Kier alpha value is -3.53. The Bertz CT molecular complexity index is 1250. The molecular weight excluding hydrogens is 512 g/mol. The zero-order chi connectivity index (χ0) is 28.2. The normalized spacial score (nSPS) is 13.2. The molecule has 0 saturated heterocycles. The number of para-hydroxylation sites is 2. The fraction of sp³-hybridized carbons (Fsp3) is 0.483. The minimum Gasteiger partial charge on any atom is -0.473 e. The van der Waals surface area contributed by atoms with E-state index in [1.165, 1.54) is 19.2 Å². The topological polar surface area (TPSA) is 115 Å². The van der Waals surface area contributed by atoms with Crippen LogP contribution in [0.4, 0.5) is 5.95 Å². The third kappa shape index (κ3) is 9.94. The maximum Gasteiger partial charge on any atom is 0.308 e. The first-order valence-corrected chi connectivity index (χ1v) is 14.4.